The Morgan fingerprint density at radius 3 is 2.60 bits per heavy atom. The molecule has 0 spiro atoms. The van der Waals surface area contributed by atoms with Crippen molar-refractivity contribution in [3.8, 4) is 0 Å². The fraction of sp³-hybridized carbons (Fsp3) is 0.562. The highest BCUT2D eigenvalue weighted by Crippen LogP contribution is 2.21. The number of benzene rings is 1. The van der Waals surface area contributed by atoms with Crippen molar-refractivity contribution < 1.29 is 4.79 Å². The third kappa shape index (κ3) is 3.66. The first-order valence-electron chi connectivity index (χ1n) is 7.41. The van der Waals surface area contributed by atoms with Crippen molar-refractivity contribution in [2.24, 2.45) is 5.92 Å². The molecule has 0 aromatic heterocycles. The molecule has 110 valence electrons. The molecule has 0 radical (unpaired) electrons. The maximum atomic E-state index is 12.3. The molecule has 0 saturated carbocycles. The fourth-order valence-corrected chi connectivity index (χ4v) is 2.91. The monoisotopic (exact) mass is 294 g/mol. The molecule has 1 heterocycles. The summed E-state index contributed by atoms with van der Waals surface area (Å²) in [5.41, 5.74) is 1.14. The Kier molecular flexibility index (Phi) is 5.30. The Morgan fingerprint density at radius 1 is 1.30 bits per heavy atom. The highest BCUT2D eigenvalue weighted by Gasteiger charge is 2.24. The van der Waals surface area contributed by atoms with Gasteiger partial charge in [0.2, 0.25) is 5.91 Å². The van der Waals surface area contributed by atoms with E-state index < -0.39 is 0 Å². The normalized spacial score (nSPS) is 17.1. The van der Waals surface area contributed by atoms with Crippen molar-refractivity contribution in [3.63, 3.8) is 0 Å². The second-order valence-corrected chi connectivity index (χ2v) is 5.92. The minimum absolute atomic E-state index is 0.151. The molecule has 3 nitrogen and oxygen atoms in total. The van der Waals surface area contributed by atoms with E-state index in [0.717, 1.165) is 49.7 Å². The zero-order valence-corrected chi connectivity index (χ0v) is 13.1. The van der Waals surface area contributed by atoms with E-state index in [4.69, 9.17) is 11.6 Å². The molecule has 1 amide bonds. The Balaban J connectivity index is 1.91. The molecular formula is C16H23ClN2O. The lowest BCUT2D eigenvalue weighted by Gasteiger charge is -2.37. The van der Waals surface area contributed by atoms with E-state index in [9.17, 15) is 4.79 Å². The number of anilines is 1. The highest BCUT2D eigenvalue weighted by atomic mass is 35.5. The summed E-state index contributed by atoms with van der Waals surface area (Å²) in [6, 6.07) is 7.91. The second-order valence-electron chi connectivity index (χ2n) is 5.48. The molecule has 1 atom stereocenters. The van der Waals surface area contributed by atoms with Crippen molar-refractivity contribution >= 4 is 23.2 Å². The van der Waals surface area contributed by atoms with Crippen molar-refractivity contribution in [1.82, 2.24) is 4.90 Å². The maximum absolute atomic E-state index is 12.3. The van der Waals surface area contributed by atoms with E-state index in [1.54, 1.807) is 0 Å². The Morgan fingerprint density at radius 2 is 2.00 bits per heavy atom. The number of nitrogens with zero attached hydrogens (tertiary/aromatic N) is 2. The molecule has 1 saturated heterocycles. The lowest BCUT2D eigenvalue weighted by atomic mass is 10.0. The van der Waals surface area contributed by atoms with E-state index in [0.29, 0.717) is 5.91 Å². The van der Waals surface area contributed by atoms with Gasteiger partial charge in [0, 0.05) is 42.8 Å². The number of hydrogen-bond donors (Lipinski definition) is 0. The number of piperazine rings is 1. The largest absolute Gasteiger partial charge is 0.368 e. The molecule has 2 rings (SSSR count). The van der Waals surface area contributed by atoms with Gasteiger partial charge >= 0.3 is 0 Å². The van der Waals surface area contributed by atoms with Gasteiger partial charge in [-0.3, -0.25) is 4.79 Å². The molecule has 20 heavy (non-hydrogen) atoms. The van der Waals surface area contributed by atoms with Gasteiger partial charge in [0.05, 0.1) is 0 Å². The number of halogens is 1. The minimum Gasteiger partial charge on any atom is -0.368 e. The van der Waals surface area contributed by atoms with Gasteiger partial charge in [-0.2, -0.15) is 0 Å². The summed E-state index contributed by atoms with van der Waals surface area (Å²) in [5.74, 6) is 0.454. The number of amides is 1. The van der Waals surface area contributed by atoms with Gasteiger partial charge in [-0.05, 0) is 24.6 Å². The summed E-state index contributed by atoms with van der Waals surface area (Å²) in [6.45, 7) is 7.53. The van der Waals surface area contributed by atoms with E-state index >= 15 is 0 Å². The van der Waals surface area contributed by atoms with Crippen LogP contribution in [0.1, 0.15) is 26.7 Å². The molecule has 0 unspecified atom stereocenters. The number of hydrogen-bond acceptors (Lipinski definition) is 2. The molecule has 0 N–H and O–H groups in total. The van der Waals surface area contributed by atoms with Crippen LogP contribution in [0.15, 0.2) is 24.3 Å². The Hall–Kier alpha value is -1.22. The van der Waals surface area contributed by atoms with Crippen LogP contribution in [0, 0.1) is 5.92 Å². The van der Waals surface area contributed by atoms with Crippen LogP contribution >= 0.6 is 11.6 Å². The summed E-state index contributed by atoms with van der Waals surface area (Å²) >= 11 is 6.03. The van der Waals surface area contributed by atoms with Crippen LogP contribution in [0.3, 0.4) is 0 Å². The van der Waals surface area contributed by atoms with Gasteiger partial charge < -0.3 is 9.80 Å². The quantitative estimate of drug-likeness (QED) is 0.849. The van der Waals surface area contributed by atoms with Crippen molar-refractivity contribution in [2.75, 3.05) is 31.1 Å². The molecule has 0 aliphatic carbocycles. The third-order valence-electron chi connectivity index (χ3n) is 3.91. The Bertz CT molecular complexity index is 456. The van der Waals surface area contributed by atoms with Crippen LogP contribution in [-0.2, 0) is 4.79 Å². The zero-order valence-electron chi connectivity index (χ0n) is 12.3. The standard InChI is InChI=1S/C16H23ClN2O/c1-3-5-13(2)16(20)19-10-8-18(9-11-19)15-7-4-6-14(17)12-15/h4,6-7,12-13H,3,5,8-11H2,1-2H3/t13-/m1/s1. The summed E-state index contributed by atoms with van der Waals surface area (Å²) in [6.07, 6.45) is 2.04. The highest BCUT2D eigenvalue weighted by molar-refractivity contribution is 6.30. The molecule has 1 aromatic rings. The SMILES string of the molecule is CCC[C@@H](C)C(=O)N1CCN(c2cccc(Cl)c2)CC1. The molecule has 1 aliphatic heterocycles. The number of carbonyl (C=O) groups excluding carboxylic acids is 1. The molecule has 1 fully saturated rings. The predicted molar refractivity (Wildman–Crippen MR) is 84.3 cm³/mol. The fourth-order valence-electron chi connectivity index (χ4n) is 2.73. The van der Waals surface area contributed by atoms with Crippen LogP contribution in [0.25, 0.3) is 0 Å². The van der Waals surface area contributed by atoms with Crippen molar-refractivity contribution in [3.05, 3.63) is 29.3 Å². The summed E-state index contributed by atoms with van der Waals surface area (Å²) in [4.78, 5) is 16.6. The Labute approximate surface area is 126 Å². The van der Waals surface area contributed by atoms with Crippen LogP contribution in [-0.4, -0.2) is 37.0 Å². The van der Waals surface area contributed by atoms with Gasteiger partial charge in [-0.15, -0.1) is 0 Å². The smallest absolute Gasteiger partial charge is 0.225 e. The van der Waals surface area contributed by atoms with Crippen LogP contribution in [0.5, 0.6) is 0 Å². The molecule has 1 aliphatic rings. The van der Waals surface area contributed by atoms with Crippen molar-refractivity contribution in [2.45, 2.75) is 26.7 Å². The molecule has 1 aromatic carbocycles. The van der Waals surface area contributed by atoms with Gasteiger partial charge in [-0.1, -0.05) is 37.9 Å². The third-order valence-corrected chi connectivity index (χ3v) is 4.14. The van der Waals surface area contributed by atoms with Crippen LogP contribution in [0.2, 0.25) is 5.02 Å². The summed E-state index contributed by atoms with van der Waals surface area (Å²) < 4.78 is 0. The minimum atomic E-state index is 0.151. The number of carbonyl (C=O) groups is 1. The lowest BCUT2D eigenvalue weighted by Crippen LogP contribution is -2.50. The average Bonchev–Trinajstić information content (AvgIpc) is 2.47. The lowest BCUT2D eigenvalue weighted by molar-refractivity contribution is -0.135. The predicted octanol–water partition coefficient (Wildman–Crippen LogP) is 3.42. The van der Waals surface area contributed by atoms with Crippen LogP contribution < -0.4 is 4.90 Å². The van der Waals surface area contributed by atoms with E-state index in [1.165, 1.54) is 0 Å². The molecule has 0 bridgehead atoms. The number of rotatable bonds is 4. The first-order chi connectivity index (χ1) is 9.61. The average molecular weight is 295 g/mol. The van der Waals surface area contributed by atoms with Crippen molar-refractivity contribution in [1.29, 1.82) is 0 Å². The maximum Gasteiger partial charge on any atom is 0.225 e. The first kappa shape index (κ1) is 15.2. The van der Waals surface area contributed by atoms with E-state index in [-0.39, 0.29) is 5.92 Å². The van der Waals surface area contributed by atoms with Gasteiger partial charge in [0.25, 0.3) is 0 Å². The van der Waals surface area contributed by atoms with Gasteiger partial charge in [-0.25, -0.2) is 0 Å². The first-order valence-corrected chi connectivity index (χ1v) is 7.79. The summed E-state index contributed by atoms with van der Waals surface area (Å²) in [5, 5.41) is 0.762. The second kappa shape index (κ2) is 6.98. The van der Waals surface area contributed by atoms with E-state index in [1.807, 2.05) is 30.0 Å². The van der Waals surface area contributed by atoms with Gasteiger partial charge in [0.15, 0.2) is 0 Å². The topological polar surface area (TPSA) is 23.6 Å². The van der Waals surface area contributed by atoms with E-state index in [2.05, 4.69) is 17.9 Å². The molecular weight excluding hydrogens is 272 g/mol. The molecule has 4 heteroatoms. The zero-order chi connectivity index (χ0) is 14.5. The van der Waals surface area contributed by atoms with Gasteiger partial charge in [0.1, 0.15) is 0 Å². The summed E-state index contributed by atoms with van der Waals surface area (Å²) in [7, 11) is 0. The van der Waals surface area contributed by atoms with Crippen LogP contribution in [0.4, 0.5) is 5.69 Å².